The Labute approximate surface area is 199 Å². The van der Waals surface area contributed by atoms with Gasteiger partial charge in [0.1, 0.15) is 11.5 Å². The number of fused-ring (bicyclic) bond motifs is 3. The van der Waals surface area contributed by atoms with Gasteiger partial charge in [-0.25, -0.2) is 9.59 Å². The molecule has 0 fully saturated rings. The number of aromatic carboxylic acids is 1. The molecule has 1 heterocycles. The van der Waals surface area contributed by atoms with Gasteiger partial charge in [0.05, 0.1) is 11.1 Å². The molecule has 170 valence electrons. The maximum absolute atomic E-state index is 13.3. The lowest BCUT2D eigenvalue weighted by atomic mass is 9.76. The van der Waals surface area contributed by atoms with Gasteiger partial charge in [-0.2, -0.15) is 0 Å². The van der Waals surface area contributed by atoms with Crippen molar-refractivity contribution in [1.29, 1.82) is 0 Å². The number of benzene rings is 5. The molecule has 1 aliphatic heterocycles. The van der Waals surface area contributed by atoms with Crippen molar-refractivity contribution in [2.24, 2.45) is 0 Å². The van der Waals surface area contributed by atoms with E-state index in [1.54, 1.807) is 42.5 Å². The summed E-state index contributed by atoms with van der Waals surface area (Å²) in [6.07, 6.45) is 0. The van der Waals surface area contributed by atoms with E-state index in [0.717, 1.165) is 0 Å². The van der Waals surface area contributed by atoms with Gasteiger partial charge >= 0.3 is 11.9 Å². The summed E-state index contributed by atoms with van der Waals surface area (Å²) in [4.78, 5) is 24.9. The summed E-state index contributed by atoms with van der Waals surface area (Å²) < 4.78 is 6.23. The van der Waals surface area contributed by atoms with E-state index in [9.17, 15) is 24.9 Å². The van der Waals surface area contributed by atoms with E-state index < -0.39 is 17.5 Å². The van der Waals surface area contributed by atoms with E-state index in [1.165, 1.54) is 12.1 Å². The Kier molecular flexibility index (Phi) is 4.35. The van der Waals surface area contributed by atoms with Crippen LogP contribution < -0.4 is 0 Å². The molecule has 0 amide bonds. The van der Waals surface area contributed by atoms with E-state index in [0.29, 0.717) is 38.2 Å². The Morgan fingerprint density at radius 3 is 1.66 bits per heavy atom. The van der Waals surface area contributed by atoms with Crippen LogP contribution >= 0.6 is 0 Å². The lowest BCUT2D eigenvalue weighted by Crippen LogP contribution is -2.30. The highest BCUT2D eigenvalue weighted by atomic mass is 16.6. The van der Waals surface area contributed by atoms with Gasteiger partial charge in [0.2, 0.25) is 0 Å². The van der Waals surface area contributed by atoms with Crippen LogP contribution in [0.25, 0.3) is 21.5 Å². The van der Waals surface area contributed by atoms with Gasteiger partial charge in [0, 0.05) is 27.5 Å². The standard InChI is InChI=1S/C29H18O6/c30-25-13-11-22(17-5-1-3-7-19(17)25)29(23-12-14-26(31)20-8-4-2-6-18(20)23)24-10-9-16(27(32)33)15-21(24)28(34)35-29/h1-15,30-31H,(H,32,33). The molecule has 0 bridgehead atoms. The van der Waals surface area contributed by atoms with Crippen LogP contribution in [0, 0.1) is 0 Å². The number of carboxylic acid groups (broad SMARTS) is 1. The number of hydrogen-bond acceptors (Lipinski definition) is 5. The van der Waals surface area contributed by atoms with Gasteiger partial charge < -0.3 is 20.1 Å². The Morgan fingerprint density at radius 1 is 0.657 bits per heavy atom. The lowest BCUT2D eigenvalue weighted by Gasteiger charge is -2.32. The summed E-state index contributed by atoms with van der Waals surface area (Å²) in [5.41, 5.74) is 0.374. The predicted molar refractivity (Wildman–Crippen MR) is 130 cm³/mol. The highest BCUT2D eigenvalue weighted by molar-refractivity contribution is 6.03. The fourth-order valence-electron chi connectivity index (χ4n) is 5.13. The zero-order valence-electron chi connectivity index (χ0n) is 18.2. The van der Waals surface area contributed by atoms with Crippen molar-refractivity contribution in [3.8, 4) is 11.5 Å². The maximum atomic E-state index is 13.3. The highest BCUT2D eigenvalue weighted by Crippen LogP contribution is 2.52. The van der Waals surface area contributed by atoms with Crippen molar-refractivity contribution in [2.45, 2.75) is 5.60 Å². The zero-order valence-corrected chi connectivity index (χ0v) is 18.2. The smallest absolute Gasteiger partial charge is 0.340 e. The fraction of sp³-hybridized carbons (Fsp3) is 0.0345. The van der Waals surface area contributed by atoms with E-state index >= 15 is 0 Å². The van der Waals surface area contributed by atoms with Gasteiger partial charge in [-0.05, 0) is 47.2 Å². The summed E-state index contributed by atoms with van der Waals surface area (Å²) in [7, 11) is 0. The Morgan fingerprint density at radius 2 is 1.14 bits per heavy atom. The SMILES string of the molecule is O=C(O)c1ccc2c(c1)C(=O)OC2(c1ccc(O)c2ccccc12)c1ccc(O)c2ccccc12. The highest BCUT2D eigenvalue weighted by Gasteiger charge is 2.50. The lowest BCUT2D eigenvalue weighted by molar-refractivity contribution is 0.0260. The number of aromatic hydroxyl groups is 2. The number of carbonyl (C=O) groups excluding carboxylic acids is 1. The average molecular weight is 462 g/mol. The molecule has 0 unspecified atom stereocenters. The van der Waals surface area contributed by atoms with Crippen LogP contribution in [0.5, 0.6) is 11.5 Å². The van der Waals surface area contributed by atoms with Gasteiger partial charge in [-0.1, -0.05) is 54.6 Å². The number of phenolic OH excluding ortho intramolecular Hbond substituents is 2. The Hall–Kier alpha value is -4.84. The third-order valence-electron chi connectivity index (χ3n) is 6.67. The fourth-order valence-corrected chi connectivity index (χ4v) is 5.13. The number of cyclic esters (lactones) is 1. The molecule has 0 saturated heterocycles. The molecule has 0 atom stereocenters. The molecule has 0 saturated carbocycles. The minimum absolute atomic E-state index is 0.0253. The molecule has 1 aliphatic rings. The molecule has 35 heavy (non-hydrogen) atoms. The van der Waals surface area contributed by atoms with Gasteiger partial charge in [0.25, 0.3) is 0 Å². The molecule has 0 spiro atoms. The van der Waals surface area contributed by atoms with Crippen LogP contribution in [-0.2, 0) is 10.3 Å². The minimum atomic E-state index is -1.45. The Balaban J connectivity index is 1.80. The molecule has 5 aromatic rings. The van der Waals surface area contributed by atoms with Crippen LogP contribution in [0.15, 0.2) is 91.0 Å². The second-order valence-corrected chi connectivity index (χ2v) is 8.49. The number of carboxylic acids is 1. The summed E-state index contributed by atoms with van der Waals surface area (Å²) in [5, 5.41) is 33.1. The topological polar surface area (TPSA) is 104 Å². The Bertz CT molecular complexity index is 1620. The van der Waals surface area contributed by atoms with Crippen LogP contribution in [-0.4, -0.2) is 27.3 Å². The number of esters is 1. The summed E-state index contributed by atoms with van der Waals surface area (Å²) >= 11 is 0. The molecule has 6 rings (SSSR count). The maximum Gasteiger partial charge on any atom is 0.340 e. The molecule has 6 nitrogen and oxygen atoms in total. The van der Waals surface area contributed by atoms with Crippen LogP contribution in [0.4, 0.5) is 0 Å². The second kappa shape index (κ2) is 7.33. The third kappa shape index (κ3) is 2.83. The third-order valence-corrected chi connectivity index (χ3v) is 6.67. The minimum Gasteiger partial charge on any atom is -0.507 e. The molecule has 3 N–H and O–H groups in total. The molecule has 5 aromatic carbocycles. The quantitative estimate of drug-likeness (QED) is 0.303. The van der Waals surface area contributed by atoms with E-state index in [2.05, 4.69) is 0 Å². The summed E-state index contributed by atoms with van der Waals surface area (Å²) in [5.74, 6) is -1.64. The normalized spacial score (nSPS) is 14.1. The number of carbonyl (C=O) groups is 2. The second-order valence-electron chi connectivity index (χ2n) is 8.49. The summed E-state index contributed by atoms with van der Waals surface area (Å²) in [6.45, 7) is 0. The molecule has 0 aliphatic carbocycles. The first-order valence-electron chi connectivity index (χ1n) is 11.0. The van der Waals surface area contributed by atoms with E-state index in [4.69, 9.17) is 4.74 Å². The first kappa shape index (κ1) is 20.7. The largest absolute Gasteiger partial charge is 0.507 e. The monoisotopic (exact) mass is 462 g/mol. The summed E-state index contributed by atoms with van der Waals surface area (Å²) in [6, 6.07) is 25.4. The first-order chi connectivity index (χ1) is 16.9. The van der Waals surface area contributed by atoms with Crippen molar-refractivity contribution in [3.63, 3.8) is 0 Å². The van der Waals surface area contributed by atoms with E-state index in [1.807, 2.05) is 36.4 Å². The predicted octanol–water partition coefficient (Wildman–Crippen LogP) is 5.56. The number of hydrogen-bond donors (Lipinski definition) is 3. The molecule has 6 heteroatoms. The van der Waals surface area contributed by atoms with Crippen molar-refractivity contribution < 1.29 is 29.6 Å². The van der Waals surface area contributed by atoms with Crippen molar-refractivity contribution in [1.82, 2.24) is 0 Å². The number of rotatable bonds is 3. The van der Waals surface area contributed by atoms with Crippen LogP contribution in [0.3, 0.4) is 0 Å². The molecule has 0 radical (unpaired) electrons. The van der Waals surface area contributed by atoms with Crippen molar-refractivity contribution in [2.75, 3.05) is 0 Å². The zero-order chi connectivity index (χ0) is 24.3. The number of ether oxygens (including phenoxy) is 1. The van der Waals surface area contributed by atoms with Gasteiger partial charge in [-0.3, -0.25) is 0 Å². The van der Waals surface area contributed by atoms with Gasteiger partial charge in [0.15, 0.2) is 5.60 Å². The van der Waals surface area contributed by atoms with Crippen LogP contribution in [0.2, 0.25) is 0 Å². The number of phenols is 2. The van der Waals surface area contributed by atoms with Crippen molar-refractivity contribution in [3.05, 3.63) is 119 Å². The van der Waals surface area contributed by atoms with Gasteiger partial charge in [-0.15, -0.1) is 0 Å². The first-order valence-corrected chi connectivity index (χ1v) is 11.0. The van der Waals surface area contributed by atoms with E-state index in [-0.39, 0.29) is 22.6 Å². The molecular formula is C29H18O6. The molecule has 0 aromatic heterocycles. The van der Waals surface area contributed by atoms with Crippen LogP contribution in [0.1, 0.15) is 37.4 Å². The van der Waals surface area contributed by atoms with Crippen molar-refractivity contribution >= 4 is 33.5 Å². The average Bonchev–Trinajstić information content (AvgIpc) is 3.17. The molecular weight excluding hydrogens is 444 g/mol.